The Balaban J connectivity index is 1.19. The normalized spacial score (nSPS) is 23.3. The molecule has 1 N–H and O–H groups in total. The van der Waals surface area contributed by atoms with E-state index in [4.69, 9.17) is 19.4 Å². The number of nitrogens with zero attached hydrogens (tertiary/aromatic N) is 3. The van der Waals surface area contributed by atoms with Crippen LogP contribution in [0.4, 0.5) is 0 Å². The first-order valence-electron chi connectivity index (χ1n) is 18.2. The Labute approximate surface area is 285 Å². The third-order valence-corrected chi connectivity index (χ3v) is 11.5. The SMILES string of the molecule is C=Cc1c(OC)ccc2nc(Cc3cc(OCCCCC4CCCCC4)nc4ccccc34)cc([C@@H](O)[C@@H]3CC4CCN3C[C@@H]4C=C)c12. The molecule has 3 saturated heterocycles. The van der Waals surface area contributed by atoms with E-state index < -0.39 is 6.10 Å². The highest BCUT2D eigenvalue weighted by atomic mass is 16.5. The van der Waals surface area contributed by atoms with E-state index in [1.54, 1.807) is 7.11 Å². The molecule has 0 radical (unpaired) electrons. The van der Waals surface area contributed by atoms with Gasteiger partial charge in [0.05, 0.1) is 30.9 Å². The summed E-state index contributed by atoms with van der Waals surface area (Å²) in [5.74, 6) is 3.36. The highest BCUT2D eigenvalue weighted by Crippen LogP contribution is 2.44. The van der Waals surface area contributed by atoms with Crippen molar-refractivity contribution in [3.05, 3.63) is 90.1 Å². The third kappa shape index (κ3) is 6.75. The fourth-order valence-corrected chi connectivity index (χ4v) is 8.86. The summed E-state index contributed by atoms with van der Waals surface area (Å²) in [4.78, 5) is 12.5. The van der Waals surface area contributed by atoms with E-state index in [0.29, 0.717) is 30.7 Å². The van der Waals surface area contributed by atoms with Crippen molar-refractivity contribution in [3.63, 3.8) is 0 Å². The summed E-state index contributed by atoms with van der Waals surface area (Å²) in [6.07, 6.45) is 16.6. The van der Waals surface area contributed by atoms with E-state index in [1.165, 1.54) is 44.9 Å². The molecule has 2 aromatic heterocycles. The van der Waals surface area contributed by atoms with Gasteiger partial charge in [-0.2, -0.15) is 0 Å². The minimum atomic E-state index is -0.671. The Morgan fingerprint density at radius 2 is 1.85 bits per heavy atom. The molecule has 6 heteroatoms. The molecule has 1 saturated carbocycles. The summed E-state index contributed by atoms with van der Waals surface area (Å²) in [5.41, 5.74) is 5.56. The van der Waals surface area contributed by atoms with Gasteiger partial charge in [-0.15, -0.1) is 6.58 Å². The summed E-state index contributed by atoms with van der Waals surface area (Å²) in [5, 5.41) is 14.3. The number of fused-ring (bicyclic) bond motifs is 5. The number of para-hydroxylation sites is 1. The lowest BCUT2D eigenvalue weighted by molar-refractivity contribution is -0.0445. The molecule has 4 fully saturated rings. The average molecular weight is 646 g/mol. The van der Waals surface area contributed by atoms with Crippen LogP contribution in [-0.2, 0) is 6.42 Å². The standard InChI is InChI=1S/C42H51N3O3/c1-4-29-27-45-21-20-30(29)24-38(45)42(46)35-26-32(43-37-18-19-39(47-3)33(5-2)41(35)37)23-31-25-40(44-36-17-10-9-16-34(31)36)48-22-12-11-15-28-13-7-6-8-14-28/h4-5,9-10,16-19,25-26,28-30,38,42,46H,1-2,6-8,11-15,20-24,27H2,3H3/t29-,30?,38-,42+/m0/s1. The average Bonchev–Trinajstić information content (AvgIpc) is 3.14. The first-order chi connectivity index (χ1) is 23.6. The summed E-state index contributed by atoms with van der Waals surface area (Å²) in [6.45, 7) is 10.9. The van der Waals surface area contributed by atoms with Crippen LogP contribution < -0.4 is 9.47 Å². The van der Waals surface area contributed by atoms with Crippen LogP contribution in [0.5, 0.6) is 11.6 Å². The number of aromatic nitrogens is 2. The summed E-state index contributed by atoms with van der Waals surface area (Å²) in [7, 11) is 1.68. The first kappa shape index (κ1) is 32.8. The van der Waals surface area contributed by atoms with Crippen LogP contribution in [-0.4, -0.2) is 52.8 Å². The van der Waals surface area contributed by atoms with E-state index >= 15 is 0 Å². The highest BCUT2D eigenvalue weighted by Gasteiger charge is 2.42. The number of aliphatic hydroxyl groups is 1. The number of aliphatic hydroxyl groups excluding tert-OH is 1. The minimum Gasteiger partial charge on any atom is -0.496 e. The van der Waals surface area contributed by atoms with E-state index in [1.807, 2.05) is 24.3 Å². The Kier molecular flexibility index (Phi) is 10.1. The van der Waals surface area contributed by atoms with Gasteiger partial charge in [0, 0.05) is 47.1 Å². The largest absolute Gasteiger partial charge is 0.496 e. The second kappa shape index (κ2) is 14.8. The quantitative estimate of drug-likeness (QED) is 0.116. The predicted octanol–water partition coefficient (Wildman–Crippen LogP) is 9.08. The maximum Gasteiger partial charge on any atom is 0.214 e. The zero-order chi connectivity index (χ0) is 33.0. The number of rotatable bonds is 13. The molecule has 4 aliphatic rings. The van der Waals surface area contributed by atoms with Gasteiger partial charge in [-0.25, -0.2) is 4.98 Å². The van der Waals surface area contributed by atoms with Crippen molar-refractivity contribution in [2.45, 2.75) is 82.8 Å². The van der Waals surface area contributed by atoms with E-state index in [-0.39, 0.29) is 6.04 Å². The van der Waals surface area contributed by atoms with Gasteiger partial charge in [0.15, 0.2) is 0 Å². The van der Waals surface area contributed by atoms with Gasteiger partial charge in [-0.1, -0.05) is 75.5 Å². The van der Waals surface area contributed by atoms with Gasteiger partial charge < -0.3 is 14.6 Å². The lowest BCUT2D eigenvalue weighted by Gasteiger charge is -2.50. The van der Waals surface area contributed by atoms with Crippen molar-refractivity contribution >= 4 is 27.9 Å². The molecule has 6 nitrogen and oxygen atoms in total. The third-order valence-electron chi connectivity index (χ3n) is 11.5. The van der Waals surface area contributed by atoms with Gasteiger partial charge in [0.1, 0.15) is 5.75 Å². The number of pyridine rings is 2. The number of methoxy groups -OCH3 is 1. The molecule has 3 aliphatic heterocycles. The number of piperidine rings is 3. The van der Waals surface area contributed by atoms with Crippen molar-refractivity contribution < 1.29 is 14.6 Å². The van der Waals surface area contributed by atoms with Crippen molar-refractivity contribution in [2.24, 2.45) is 17.8 Å². The second-order valence-electron chi connectivity index (χ2n) is 14.3. The van der Waals surface area contributed by atoms with Crippen LogP contribution in [0, 0.1) is 17.8 Å². The highest BCUT2D eigenvalue weighted by molar-refractivity contribution is 5.94. The van der Waals surface area contributed by atoms with Gasteiger partial charge in [0.2, 0.25) is 5.88 Å². The number of hydrogen-bond donors (Lipinski definition) is 1. The van der Waals surface area contributed by atoms with Crippen LogP contribution in [0.3, 0.4) is 0 Å². The van der Waals surface area contributed by atoms with Crippen LogP contribution in [0.1, 0.15) is 92.7 Å². The van der Waals surface area contributed by atoms with Gasteiger partial charge in [-0.05, 0) is 85.4 Å². The van der Waals surface area contributed by atoms with E-state index in [9.17, 15) is 5.11 Å². The minimum absolute atomic E-state index is 0.0436. The molecule has 2 aromatic carbocycles. The smallest absolute Gasteiger partial charge is 0.214 e. The van der Waals surface area contributed by atoms with Crippen molar-refractivity contribution in [3.8, 4) is 11.6 Å². The predicted molar refractivity (Wildman–Crippen MR) is 196 cm³/mol. The van der Waals surface area contributed by atoms with E-state index in [2.05, 4.69) is 54.5 Å². The molecule has 2 unspecified atom stereocenters. The fraction of sp³-hybridized carbons (Fsp3) is 0.476. The number of ether oxygens (including phenoxy) is 2. The number of hydrogen-bond acceptors (Lipinski definition) is 6. The maximum atomic E-state index is 12.2. The topological polar surface area (TPSA) is 67.7 Å². The Hall–Kier alpha value is -3.74. The molecule has 0 spiro atoms. The molecule has 252 valence electrons. The molecular weight excluding hydrogens is 594 g/mol. The fourth-order valence-electron chi connectivity index (χ4n) is 8.86. The molecule has 4 aromatic rings. The van der Waals surface area contributed by atoms with Crippen LogP contribution in [0.25, 0.3) is 27.9 Å². The van der Waals surface area contributed by atoms with Crippen molar-refractivity contribution in [2.75, 3.05) is 26.8 Å². The number of benzene rings is 2. The van der Waals surface area contributed by atoms with Crippen molar-refractivity contribution in [1.29, 1.82) is 0 Å². The maximum absolute atomic E-state index is 12.2. The lowest BCUT2D eigenvalue weighted by Crippen LogP contribution is -2.54. The Bertz CT molecular complexity index is 1760. The molecule has 5 atom stereocenters. The molecule has 2 bridgehead atoms. The summed E-state index contributed by atoms with van der Waals surface area (Å²) < 4.78 is 12.0. The molecule has 5 heterocycles. The van der Waals surface area contributed by atoms with Crippen LogP contribution in [0.15, 0.2) is 67.8 Å². The summed E-state index contributed by atoms with van der Waals surface area (Å²) >= 11 is 0. The Morgan fingerprint density at radius 3 is 2.62 bits per heavy atom. The lowest BCUT2D eigenvalue weighted by atomic mass is 9.73. The molecular formula is C42H51N3O3. The molecule has 48 heavy (non-hydrogen) atoms. The monoisotopic (exact) mass is 645 g/mol. The van der Waals surface area contributed by atoms with Gasteiger partial charge >= 0.3 is 0 Å². The molecule has 1 aliphatic carbocycles. The zero-order valence-corrected chi connectivity index (χ0v) is 28.6. The van der Waals surface area contributed by atoms with Gasteiger partial charge in [-0.3, -0.25) is 9.88 Å². The second-order valence-corrected chi connectivity index (χ2v) is 14.3. The zero-order valence-electron chi connectivity index (χ0n) is 28.6. The van der Waals surface area contributed by atoms with E-state index in [0.717, 1.165) is 88.2 Å². The molecule has 0 amide bonds. The number of unbranched alkanes of at least 4 members (excludes halogenated alkanes) is 1. The Morgan fingerprint density at radius 1 is 1.00 bits per heavy atom. The van der Waals surface area contributed by atoms with Crippen LogP contribution in [0.2, 0.25) is 0 Å². The first-order valence-corrected chi connectivity index (χ1v) is 18.2. The van der Waals surface area contributed by atoms with Crippen molar-refractivity contribution in [1.82, 2.24) is 14.9 Å². The van der Waals surface area contributed by atoms with Gasteiger partial charge in [0.25, 0.3) is 0 Å². The van der Waals surface area contributed by atoms with Crippen LogP contribution >= 0.6 is 0 Å². The molecule has 8 rings (SSSR count). The summed E-state index contributed by atoms with van der Waals surface area (Å²) in [6, 6.07) is 16.5.